The van der Waals surface area contributed by atoms with Crippen LogP contribution in [-0.4, -0.2) is 40.0 Å². The molecule has 3 aromatic rings. The Bertz CT molecular complexity index is 1260. The van der Waals surface area contributed by atoms with E-state index in [4.69, 9.17) is 23.7 Å². The number of anilines is 1. The van der Waals surface area contributed by atoms with Crippen LogP contribution in [-0.2, 0) is 22.4 Å². The SMILES string of the molecule is COc1ccc(C[C@H]2COC(=O)[C@@H]2Cc2ccc(OC(=O)Nc3ccc(F)cc3)c(OC)c2)cc1OC. The molecule has 1 saturated heterocycles. The van der Waals surface area contributed by atoms with Gasteiger partial charge in [0.05, 0.1) is 33.9 Å². The first kappa shape index (κ1) is 25.8. The number of amides is 1. The van der Waals surface area contributed by atoms with E-state index in [1.165, 1.54) is 31.4 Å². The van der Waals surface area contributed by atoms with Gasteiger partial charge in [-0.25, -0.2) is 9.18 Å². The molecule has 2 atom stereocenters. The van der Waals surface area contributed by atoms with Gasteiger partial charge in [0.25, 0.3) is 0 Å². The van der Waals surface area contributed by atoms with E-state index in [0.717, 1.165) is 11.1 Å². The van der Waals surface area contributed by atoms with Gasteiger partial charge in [-0.2, -0.15) is 0 Å². The number of halogens is 1. The first-order valence-electron chi connectivity index (χ1n) is 11.7. The highest BCUT2D eigenvalue weighted by atomic mass is 19.1. The molecule has 1 aliphatic rings. The van der Waals surface area contributed by atoms with Crippen molar-refractivity contribution in [1.82, 2.24) is 0 Å². The van der Waals surface area contributed by atoms with Crippen molar-refractivity contribution in [1.29, 1.82) is 0 Å². The molecule has 0 aromatic heterocycles. The second kappa shape index (κ2) is 11.6. The summed E-state index contributed by atoms with van der Waals surface area (Å²) in [6, 6.07) is 16.2. The monoisotopic (exact) mass is 509 g/mol. The summed E-state index contributed by atoms with van der Waals surface area (Å²) in [5, 5.41) is 2.53. The summed E-state index contributed by atoms with van der Waals surface area (Å²) in [6.45, 7) is 0.333. The van der Waals surface area contributed by atoms with Crippen LogP contribution in [0.25, 0.3) is 0 Å². The Morgan fingerprint density at radius 2 is 1.46 bits per heavy atom. The third-order valence-electron chi connectivity index (χ3n) is 6.23. The summed E-state index contributed by atoms with van der Waals surface area (Å²) in [4.78, 5) is 24.8. The van der Waals surface area contributed by atoms with E-state index in [0.29, 0.717) is 42.4 Å². The number of methoxy groups -OCH3 is 3. The standard InChI is InChI=1S/C28H28FNO7/c1-33-23-10-4-17(14-25(23)34-2)12-19-16-36-27(31)22(19)13-18-5-11-24(26(15-18)35-3)37-28(32)30-21-8-6-20(29)7-9-21/h4-11,14-15,19,22H,12-13,16H2,1-3H3,(H,30,32)/t19-,22+/m0/s1. The van der Waals surface area contributed by atoms with E-state index >= 15 is 0 Å². The lowest BCUT2D eigenvalue weighted by atomic mass is 9.85. The van der Waals surface area contributed by atoms with Crippen LogP contribution >= 0.6 is 0 Å². The maximum absolute atomic E-state index is 13.1. The quantitative estimate of drug-likeness (QED) is 0.404. The van der Waals surface area contributed by atoms with Crippen LogP contribution in [0.3, 0.4) is 0 Å². The van der Waals surface area contributed by atoms with Crippen LogP contribution in [0, 0.1) is 17.7 Å². The topological polar surface area (TPSA) is 92.3 Å². The zero-order valence-electron chi connectivity index (χ0n) is 20.8. The molecule has 0 bridgehead atoms. The van der Waals surface area contributed by atoms with E-state index in [9.17, 15) is 14.0 Å². The number of ether oxygens (including phenoxy) is 5. The summed E-state index contributed by atoms with van der Waals surface area (Å²) in [5.74, 6) is 0.807. The van der Waals surface area contributed by atoms with E-state index in [1.54, 1.807) is 32.4 Å². The Labute approximate surface area is 214 Å². The maximum Gasteiger partial charge on any atom is 0.417 e. The number of carbonyl (C=O) groups is 2. The molecule has 1 heterocycles. The molecular formula is C28H28FNO7. The third-order valence-corrected chi connectivity index (χ3v) is 6.23. The molecule has 9 heteroatoms. The molecule has 3 aromatic carbocycles. The normalized spacial score (nSPS) is 16.6. The first-order chi connectivity index (χ1) is 17.9. The summed E-state index contributed by atoms with van der Waals surface area (Å²) in [7, 11) is 4.63. The van der Waals surface area contributed by atoms with Gasteiger partial charge in [-0.3, -0.25) is 10.1 Å². The van der Waals surface area contributed by atoms with Crippen molar-refractivity contribution in [2.24, 2.45) is 11.8 Å². The summed E-state index contributed by atoms with van der Waals surface area (Å²) < 4.78 is 40.0. The number of benzene rings is 3. The van der Waals surface area contributed by atoms with Crippen LogP contribution in [0.5, 0.6) is 23.0 Å². The smallest absolute Gasteiger partial charge is 0.417 e. The van der Waals surface area contributed by atoms with Crippen molar-refractivity contribution in [2.45, 2.75) is 12.8 Å². The van der Waals surface area contributed by atoms with E-state index < -0.39 is 11.9 Å². The Balaban J connectivity index is 1.43. The van der Waals surface area contributed by atoms with Crippen molar-refractivity contribution in [3.8, 4) is 23.0 Å². The number of carbonyl (C=O) groups excluding carboxylic acids is 2. The number of cyclic esters (lactones) is 1. The maximum atomic E-state index is 13.1. The van der Waals surface area contributed by atoms with Gasteiger partial charge < -0.3 is 23.7 Å². The van der Waals surface area contributed by atoms with E-state index in [1.807, 2.05) is 18.2 Å². The zero-order valence-corrected chi connectivity index (χ0v) is 20.8. The largest absolute Gasteiger partial charge is 0.493 e. The van der Waals surface area contributed by atoms with Crippen LogP contribution in [0.15, 0.2) is 60.7 Å². The van der Waals surface area contributed by atoms with E-state index in [2.05, 4.69) is 5.32 Å². The molecular weight excluding hydrogens is 481 g/mol. The van der Waals surface area contributed by atoms with Crippen LogP contribution in [0.1, 0.15) is 11.1 Å². The molecule has 0 radical (unpaired) electrons. The van der Waals surface area contributed by atoms with Gasteiger partial charge in [0.15, 0.2) is 23.0 Å². The van der Waals surface area contributed by atoms with E-state index in [-0.39, 0.29) is 23.6 Å². The number of hydrogen-bond donors (Lipinski definition) is 1. The van der Waals surface area contributed by atoms with Crippen molar-refractivity contribution < 1.29 is 37.7 Å². The molecule has 1 N–H and O–H groups in total. The van der Waals surface area contributed by atoms with Gasteiger partial charge in [-0.15, -0.1) is 0 Å². The van der Waals surface area contributed by atoms with Crippen molar-refractivity contribution in [2.75, 3.05) is 33.3 Å². The number of rotatable bonds is 9. The highest BCUT2D eigenvalue weighted by Gasteiger charge is 2.37. The average Bonchev–Trinajstić information content (AvgIpc) is 3.24. The summed E-state index contributed by atoms with van der Waals surface area (Å²) in [5.41, 5.74) is 2.24. The van der Waals surface area contributed by atoms with Gasteiger partial charge in [-0.05, 0) is 72.5 Å². The molecule has 1 amide bonds. The summed E-state index contributed by atoms with van der Waals surface area (Å²) in [6.07, 6.45) is 0.334. The van der Waals surface area contributed by atoms with Gasteiger partial charge in [0.1, 0.15) is 5.82 Å². The van der Waals surface area contributed by atoms with Crippen LogP contribution in [0.2, 0.25) is 0 Å². The predicted molar refractivity (Wildman–Crippen MR) is 134 cm³/mol. The number of esters is 1. The molecule has 37 heavy (non-hydrogen) atoms. The molecule has 1 aliphatic heterocycles. The Morgan fingerprint density at radius 1 is 0.865 bits per heavy atom. The highest BCUT2D eigenvalue weighted by molar-refractivity contribution is 5.86. The fraction of sp³-hybridized carbons (Fsp3) is 0.286. The predicted octanol–water partition coefficient (Wildman–Crippen LogP) is 5.04. The minimum Gasteiger partial charge on any atom is -0.493 e. The fourth-order valence-electron chi connectivity index (χ4n) is 4.32. The van der Waals surface area contributed by atoms with Gasteiger partial charge >= 0.3 is 12.1 Å². The molecule has 0 saturated carbocycles. The van der Waals surface area contributed by atoms with Crippen LogP contribution < -0.4 is 24.3 Å². The fourth-order valence-corrected chi connectivity index (χ4v) is 4.32. The molecule has 0 spiro atoms. The molecule has 8 nitrogen and oxygen atoms in total. The Morgan fingerprint density at radius 3 is 2.11 bits per heavy atom. The number of hydrogen-bond acceptors (Lipinski definition) is 7. The minimum atomic E-state index is -0.744. The molecule has 0 unspecified atom stereocenters. The molecule has 0 aliphatic carbocycles. The van der Waals surface area contributed by atoms with Crippen molar-refractivity contribution >= 4 is 17.7 Å². The van der Waals surface area contributed by atoms with Crippen LogP contribution in [0.4, 0.5) is 14.9 Å². The van der Waals surface area contributed by atoms with Gasteiger partial charge in [-0.1, -0.05) is 12.1 Å². The minimum absolute atomic E-state index is 0.0194. The summed E-state index contributed by atoms with van der Waals surface area (Å²) >= 11 is 0. The second-order valence-corrected chi connectivity index (χ2v) is 8.60. The molecule has 194 valence electrons. The molecule has 4 rings (SSSR count). The zero-order chi connectivity index (χ0) is 26.4. The van der Waals surface area contributed by atoms with Gasteiger partial charge in [0.2, 0.25) is 0 Å². The first-order valence-corrected chi connectivity index (χ1v) is 11.7. The molecule has 1 fully saturated rings. The average molecular weight is 510 g/mol. The van der Waals surface area contributed by atoms with Gasteiger partial charge in [0, 0.05) is 11.6 Å². The Hall–Kier alpha value is -4.27. The lowest BCUT2D eigenvalue weighted by molar-refractivity contribution is -0.141. The lowest BCUT2D eigenvalue weighted by Gasteiger charge is -2.17. The number of nitrogens with one attached hydrogen (secondary N) is 1. The van der Waals surface area contributed by atoms with Crippen molar-refractivity contribution in [3.05, 3.63) is 77.6 Å². The second-order valence-electron chi connectivity index (χ2n) is 8.60. The lowest BCUT2D eigenvalue weighted by Crippen LogP contribution is -2.21. The third kappa shape index (κ3) is 6.30. The Kier molecular flexibility index (Phi) is 8.12. The highest BCUT2D eigenvalue weighted by Crippen LogP contribution is 2.35. The van der Waals surface area contributed by atoms with Crippen molar-refractivity contribution in [3.63, 3.8) is 0 Å².